The van der Waals surface area contributed by atoms with Gasteiger partial charge in [0.05, 0.1) is 24.3 Å². The van der Waals surface area contributed by atoms with Gasteiger partial charge < -0.3 is 19.7 Å². The summed E-state index contributed by atoms with van der Waals surface area (Å²) in [5.74, 6) is -0.612. The van der Waals surface area contributed by atoms with Crippen molar-refractivity contribution in [3.63, 3.8) is 0 Å². The fraction of sp³-hybridized carbons (Fsp3) is 0.385. The standard InChI is InChI=1S/C13H15NO4/c14-9-10-3-5-12(6-4-10)18-7-1-2-11(15)8-13(16)17/h3-6,11,15H,1-2,7-8H2,(H,16,17)/p-1. The van der Waals surface area contributed by atoms with Gasteiger partial charge in [-0.3, -0.25) is 0 Å². The van der Waals surface area contributed by atoms with Crippen molar-refractivity contribution < 1.29 is 19.7 Å². The van der Waals surface area contributed by atoms with Gasteiger partial charge in [0.25, 0.3) is 0 Å². The van der Waals surface area contributed by atoms with Crippen LogP contribution in [0.1, 0.15) is 24.8 Å². The molecule has 0 fully saturated rings. The van der Waals surface area contributed by atoms with Gasteiger partial charge >= 0.3 is 0 Å². The van der Waals surface area contributed by atoms with Crippen molar-refractivity contribution in [2.24, 2.45) is 0 Å². The molecule has 0 spiro atoms. The Labute approximate surface area is 105 Å². The highest BCUT2D eigenvalue weighted by molar-refractivity contribution is 5.64. The molecular weight excluding hydrogens is 234 g/mol. The Bertz CT molecular complexity index is 422. The third kappa shape index (κ3) is 5.32. The van der Waals surface area contributed by atoms with Crippen LogP contribution >= 0.6 is 0 Å². The maximum absolute atomic E-state index is 10.2. The van der Waals surface area contributed by atoms with E-state index in [9.17, 15) is 15.0 Å². The normalized spacial score (nSPS) is 11.6. The Morgan fingerprint density at radius 3 is 2.67 bits per heavy atom. The van der Waals surface area contributed by atoms with E-state index in [-0.39, 0.29) is 6.42 Å². The van der Waals surface area contributed by atoms with Crippen LogP contribution in [0, 0.1) is 11.3 Å². The predicted molar refractivity (Wildman–Crippen MR) is 61.5 cm³/mol. The topological polar surface area (TPSA) is 93.4 Å². The number of nitrogens with zero attached hydrogens (tertiary/aromatic N) is 1. The van der Waals surface area contributed by atoms with Crippen LogP contribution in [0.25, 0.3) is 0 Å². The predicted octanol–water partition coefficient (Wildman–Crippen LogP) is 0.218. The number of benzene rings is 1. The summed E-state index contributed by atoms with van der Waals surface area (Å²) >= 11 is 0. The van der Waals surface area contributed by atoms with Crippen molar-refractivity contribution in [2.75, 3.05) is 6.61 Å². The molecule has 0 aliphatic carbocycles. The minimum Gasteiger partial charge on any atom is -0.550 e. The van der Waals surface area contributed by atoms with Gasteiger partial charge in [-0.25, -0.2) is 0 Å². The molecule has 96 valence electrons. The number of carboxylic acids is 1. The molecule has 5 nitrogen and oxygen atoms in total. The number of aliphatic carboxylic acids is 1. The Morgan fingerprint density at radius 2 is 2.11 bits per heavy atom. The molecule has 5 heteroatoms. The molecule has 1 aromatic carbocycles. The molecular formula is C13H14NO4-. The molecule has 0 amide bonds. The molecule has 18 heavy (non-hydrogen) atoms. The summed E-state index contributed by atoms with van der Waals surface area (Å²) in [5, 5.41) is 28.1. The first-order valence-electron chi connectivity index (χ1n) is 5.62. The molecule has 0 radical (unpaired) electrons. The van der Waals surface area contributed by atoms with Crippen LogP contribution in [0.15, 0.2) is 24.3 Å². The van der Waals surface area contributed by atoms with E-state index in [0.717, 1.165) is 0 Å². The van der Waals surface area contributed by atoms with Crippen LogP contribution in [0.2, 0.25) is 0 Å². The number of nitriles is 1. The number of hydrogen-bond donors (Lipinski definition) is 1. The Balaban J connectivity index is 2.21. The molecule has 0 aromatic heterocycles. The maximum Gasteiger partial charge on any atom is 0.119 e. The minimum absolute atomic E-state index is 0.350. The van der Waals surface area contributed by atoms with Gasteiger partial charge in [-0.1, -0.05) is 0 Å². The van der Waals surface area contributed by atoms with Gasteiger partial charge in [0, 0.05) is 12.4 Å². The van der Waals surface area contributed by atoms with E-state index in [0.29, 0.717) is 30.8 Å². The Kier molecular flexibility index (Phi) is 5.68. The van der Waals surface area contributed by atoms with E-state index in [1.807, 2.05) is 6.07 Å². The fourth-order valence-corrected chi connectivity index (χ4v) is 1.43. The van der Waals surface area contributed by atoms with E-state index >= 15 is 0 Å². The molecule has 1 aromatic rings. The lowest BCUT2D eigenvalue weighted by Crippen LogP contribution is -2.27. The lowest BCUT2D eigenvalue weighted by atomic mass is 10.1. The SMILES string of the molecule is N#Cc1ccc(OCCCC(O)CC(=O)[O-])cc1. The summed E-state index contributed by atoms with van der Waals surface area (Å²) in [6.45, 7) is 0.385. The van der Waals surface area contributed by atoms with Crippen molar-refractivity contribution in [1.82, 2.24) is 0 Å². The van der Waals surface area contributed by atoms with Gasteiger partial charge in [0.2, 0.25) is 0 Å². The maximum atomic E-state index is 10.2. The highest BCUT2D eigenvalue weighted by Gasteiger charge is 2.04. The number of carboxylic acid groups (broad SMARTS) is 1. The molecule has 0 saturated carbocycles. The zero-order valence-corrected chi connectivity index (χ0v) is 9.83. The molecule has 0 aliphatic heterocycles. The van der Waals surface area contributed by atoms with E-state index in [2.05, 4.69) is 0 Å². The van der Waals surface area contributed by atoms with E-state index in [1.54, 1.807) is 24.3 Å². The van der Waals surface area contributed by atoms with Crippen molar-refractivity contribution in [3.05, 3.63) is 29.8 Å². The summed E-state index contributed by atoms with van der Waals surface area (Å²) in [6.07, 6.45) is -0.338. The largest absolute Gasteiger partial charge is 0.550 e. The molecule has 0 saturated heterocycles. The lowest BCUT2D eigenvalue weighted by molar-refractivity contribution is -0.307. The Hall–Kier alpha value is -2.06. The van der Waals surface area contributed by atoms with E-state index in [4.69, 9.17) is 10.00 Å². The van der Waals surface area contributed by atoms with Crippen LogP contribution in [0.3, 0.4) is 0 Å². The van der Waals surface area contributed by atoms with Crippen molar-refractivity contribution in [3.8, 4) is 11.8 Å². The molecule has 0 heterocycles. The highest BCUT2D eigenvalue weighted by atomic mass is 16.5. The fourth-order valence-electron chi connectivity index (χ4n) is 1.43. The number of rotatable bonds is 7. The first-order valence-corrected chi connectivity index (χ1v) is 5.62. The van der Waals surface area contributed by atoms with E-state index < -0.39 is 12.1 Å². The third-order valence-corrected chi connectivity index (χ3v) is 2.34. The molecule has 1 rings (SSSR count). The van der Waals surface area contributed by atoms with Crippen LogP contribution in [0.4, 0.5) is 0 Å². The zero-order chi connectivity index (χ0) is 13.4. The minimum atomic E-state index is -1.25. The summed E-state index contributed by atoms with van der Waals surface area (Å²) in [5.41, 5.74) is 0.562. The summed E-state index contributed by atoms with van der Waals surface area (Å²) in [7, 11) is 0. The molecule has 1 N–H and O–H groups in total. The average molecular weight is 248 g/mol. The van der Waals surface area contributed by atoms with Gasteiger partial charge in [-0.15, -0.1) is 0 Å². The van der Waals surface area contributed by atoms with Gasteiger partial charge in [-0.05, 0) is 37.1 Å². The van der Waals surface area contributed by atoms with Crippen LogP contribution in [-0.4, -0.2) is 23.8 Å². The number of carbonyl (C=O) groups excluding carboxylic acids is 1. The number of aliphatic hydroxyl groups excluding tert-OH is 1. The second-order valence-electron chi connectivity index (χ2n) is 3.86. The van der Waals surface area contributed by atoms with Crippen LogP contribution in [0.5, 0.6) is 5.75 Å². The monoisotopic (exact) mass is 248 g/mol. The van der Waals surface area contributed by atoms with Crippen molar-refractivity contribution in [2.45, 2.75) is 25.4 Å². The molecule has 1 unspecified atom stereocenters. The Morgan fingerprint density at radius 1 is 1.44 bits per heavy atom. The molecule has 1 atom stereocenters. The zero-order valence-electron chi connectivity index (χ0n) is 9.83. The van der Waals surface area contributed by atoms with Crippen LogP contribution in [-0.2, 0) is 4.79 Å². The first kappa shape index (κ1) is 14.0. The number of ether oxygens (including phenoxy) is 1. The van der Waals surface area contributed by atoms with Gasteiger partial charge in [0.15, 0.2) is 0 Å². The number of hydrogen-bond acceptors (Lipinski definition) is 5. The first-order chi connectivity index (χ1) is 8.61. The summed E-state index contributed by atoms with van der Waals surface area (Å²) in [4.78, 5) is 10.2. The summed E-state index contributed by atoms with van der Waals surface area (Å²) < 4.78 is 5.38. The average Bonchev–Trinajstić information content (AvgIpc) is 2.34. The third-order valence-electron chi connectivity index (χ3n) is 2.34. The lowest BCUT2D eigenvalue weighted by Gasteiger charge is -2.11. The highest BCUT2D eigenvalue weighted by Crippen LogP contribution is 2.12. The second kappa shape index (κ2) is 7.30. The summed E-state index contributed by atoms with van der Waals surface area (Å²) in [6, 6.07) is 8.69. The molecule has 0 aliphatic rings. The van der Waals surface area contributed by atoms with Gasteiger partial charge in [-0.2, -0.15) is 5.26 Å². The second-order valence-corrected chi connectivity index (χ2v) is 3.86. The molecule has 0 bridgehead atoms. The number of carbonyl (C=O) groups is 1. The number of aliphatic hydroxyl groups is 1. The van der Waals surface area contributed by atoms with Crippen molar-refractivity contribution in [1.29, 1.82) is 5.26 Å². The van der Waals surface area contributed by atoms with Crippen LogP contribution < -0.4 is 9.84 Å². The van der Waals surface area contributed by atoms with Gasteiger partial charge in [0.1, 0.15) is 5.75 Å². The smallest absolute Gasteiger partial charge is 0.119 e. The quantitative estimate of drug-likeness (QED) is 0.696. The van der Waals surface area contributed by atoms with E-state index in [1.165, 1.54) is 0 Å². The van der Waals surface area contributed by atoms with Crippen molar-refractivity contribution >= 4 is 5.97 Å².